The summed E-state index contributed by atoms with van der Waals surface area (Å²) in [4.78, 5) is 0. The molecule has 46 heavy (non-hydrogen) atoms. The van der Waals surface area contributed by atoms with Crippen molar-refractivity contribution in [3.05, 3.63) is 60.2 Å². The van der Waals surface area contributed by atoms with Gasteiger partial charge in [-0.15, -0.1) is 0 Å². The van der Waals surface area contributed by atoms with Crippen LogP contribution in [-0.2, 0) is 24.6 Å². The zero-order valence-electron chi connectivity index (χ0n) is 30.5. The molecule has 0 radical (unpaired) electrons. The first-order valence-electron chi connectivity index (χ1n) is 19.9. The number of nitrogens with zero attached hydrogens (tertiary/aromatic N) is 2. The minimum absolute atomic E-state index is 1.13. The SMILES string of the molecule is CCCCCCCCCCCCCC[n+]1ccc(CSCCSCc2cc[n+](CCCCCCCCCCCCCC)cc2)cc1. The molecule has 0 bridgehead atoms. The van der Waals surface area contributed by atoms with Gasteiger partial charge in [-0.3, -0.25) is 0 Å². The molecular weight excluding hydrogens is 597 g/mol. The van der Waals surface area contributed by atoms with Crippen molar-refractivity contribution in [2.75, 3.05) is 11.5 Å². The van der Waals surface area contributed by atoms with Crippen LogP contribution in [0.4, 0.5) is 0 Å². The first-order chi connectivity index (χ1) is 22.8. The van der Waals surface area contributed by atoms with Crippen molar-refractivity contribution in [1.29, 1.82) is 0 Å². The van der Waals surface area contributed by atoms with E-state index < -0.39 is 0 Å². The van der Waals surface area contributed by atoms with E-state index in [4.69, 9.17) is 0 Å². The lowest BCUT2D eigenvalue weighted by Crippen LogP contribution is -2.32. The smallest absolute Gasteiger partial charge is 0.169 e. The maximum Gasteiger partial charge on any atom is 0.169 e. The van der Waals surface area contributed by atoms with Gasteiger partial charge in [0.05, 0.1) is 0 Å². The highest BCUT2D eigenvalue weighted by Gasteiger charge is 2.04. The molecule has 0 amide bonds. The lowest BCUT2D eigenvalue weighted by molar-refractivity contribution is -0.697. The molecule has 0 aliphatic carbocycles. The molecule has 0 spiro atoms. The van der Waals surface area contributed by atoms with Crippen LogP contribution < -0.4 is 9.13 Å². The standard InChI is InChI=1S/C42H74N2S2/c1-3-5-7-9-11-13-15-17-19-21-23-25-31-43-33-27-41(28-34-43)39-45-37-38-46-40-42-29-35-44(36-30-42)32-26-24-22-20-18-16-14-12-10-8-6-4-2/h27-30,33-36H,3-26,31-32,37-40H2,1-2H3/q+2. The molecule has 2 nitrogen and oxygen atoms in total. The molecule has 0 saturated heterocycles. The minimum Gasteiger partial charge on any atom is -0.205 e. The molecule has 4 heteroatoms. The Kier molecular flexibility index (Phi) is 28.0. The first-order valence-corrected chi connectivity index (χ1v) is 22.2. The molecular formula is C42H74N2S2+2. The van der Waals surface area contributed by atoms with Crippen molar-refractivity contribution in [3.63, 3.8) is 0 Å². The zero-order valence-corrected chi connectivity index (χ0v) is 32.2. The van der Waals surface area contributed by atoms with Crippen LogP contribution in [0.2, 0.25) is 0 Å². The van der Waals surface area contributed by atoms with Gasteiger partial charge in [-0.05, 0) is 24.0 Å². The summed E-state index contributed by atoms with van der Waals surface area (Å²) >= 11 is 4.15. The second kappa shape index (κ2) is 31.3. The predicted molar refractivity (Wildman–Crippen MR) is 208 cm³/mol. The van der Waals surface area contributed by atoms with Gasteiger partial charge >= 0.3 is 0 Å². The summed E-state index contributed by atoms with van der Waals surface area (Å²) in [5.74, 6) is 4.71. The molecule has 2 heterocycles. The number of thioether (sulfide) groups is 2. The van der Waals surface area contributed by atoms with Gasteiger partial charge in [-0.2, -0.15) is 23.5 Å². The van der Waals surface area contributed by atoms with Crippen LogP contribution in [0.15, 0.2) is 49.1 Å². The van der Waals surface area contributed by atoms with Crippen LogP contribution in [0.3, 0.4) is 0 Å². The van der Waals surface area contributed by atoms with Gasteiger partial charge < -0.3 is 0 Å². The Balaban J connectivity index is 1.37. The van der Waals surface area contributed by atoms with E-state index in [1.807, 2.05) is 0 Å². The number of aryl methyl sites for hydroxylation is 2. The fourth-order valence-electron chi connectivity index (χ4n) is 6.24. The molecule has 0 aliphatic rings. The van der Waals surface area contributed by atoms with E-state index >= 15 is 0 Å². The van der Waals surface area contributed by atoms with E-state index in [2.05, 4.69) is 95.6 Å². The quantitative estimate of drug-likeness (QED) is 0.0551. The van der Waals surface area contributed by atoms with Crippen molar-refractivity contribution in [3.8, 4) is 0 Å². The Bertz CT molecular complexity index is 823. The van der Waals surface area contributed by atoms with Crippen LogP contribution in [0.5, 0.6) is 0 Å². The van der Waals surface area contributed by atoms with Gasteiger partial charge in [-0.1, -0.05) is 142 Å². The Hall–Kier alpha value is -1.00. The van der Waals surface area contributed by atoms with E-state index in [1.165, 1.54) is 190 Å². The molecule has 0 aliphatic heterocycles. The number of unbranched alkanes of at least 4 members (excludes halogenated alkanes) is 22. The molecule has 0 fully saturated rings. The Morgan fingerprint density at radius 3 is 0.913 bits per heavy atom. The van der Waals surface area contributed by atoms with E-state index in [0.717, 1.165) is 11.5 Å². The molecule has 2 aromatic rings. The second-order valence-electron chi connectivity index (χ2n) is 13.8. The fraction of sp³-hybridized carbons (Fsp3) is 0.762. The summed E-state index contributed by atoms with van der Waals surface area (Å²) in [5, 5.41) is 0. The van der Waals surface area contributed by atoms with Gasteiger partial charge in [0.15, 0.2) is 24.8 Å². The highest BCUT2D eigenvalue weighted by atomic mass is 32.2. The van der Waals surface area contributed by atoms with E-state index in [0.29, 0.717) is 0 Å². The number of hydrogen-bond acceptors (Lipinski definition) is 2. The van der Waals surface area contributed by atoms with Gasteiger partial charge in [-0.25, -0.2) is 9.13 Å². The van der Waals surface area contributed by atoms with Gasteiger partial charge in [0.2, 0.25) is 0 Å². The minimum atomic E-state index is 1.13. The predicted octanol–water partition coefficient (Wildman–Crippen LogP) is 12.8. The number of rotatable bonds is 33. The number of hydrogen-bond donors (Lipinski definition) is 0. The van der Waals surface area contributed by atoms with Crippen molar-refractivity contribution < 1.29 is 9.13 Å². The number of aromatic nitrogens is 2. The maximum atomic E-state index is 2.38. The summed E-state index contributed by atoms with van der Waals surface area (Å²) in [6, 6.07) is 9.32. The average Bonchev–Trinajstić information content (AvgIpc) is 3.08. The molecule has 0 atom stereocenters. The summed E-state index contributed by atoms with van der Waals surface area (Å²) < 4.78 is 4.76. The van der Waals surface area contributed by atoms with Crippen molar-refractivity contribution >= 4 is 23.5 Å². The third-order valence-electron chi connectivity index (χ3n) is 9.37. The molecule has 2 aromatic heterocycles. The van der Waals surface area contributed by atoms with Crippen molar-refractivity contribution in [1.82, 2.24) is 0 Å². The normalized spacial score (nSPS) is 11.4. The summed E-state index contributed by atoms with van der Waals surface area (Å²) in [6.07, 6.45) is 43.2. The highest BCUT2D eigenvalue weighted by molar-refractivity contribution is 8.02. The topological polar surface area (TPSA) is 7.76 Å². The van der Waals surface area contributed by atoms with E-state index in [1.54, 1.807) is 0 Å². The van der Waals surface area contributed by atoms with Crippen LogP contribution in [-0.4, -0.2) is 11.5 Å². The number of pyridine rings is 2. The van der Waals surface area contributed by atoms with Crippen molar-refractivity contribution in [2.45, 2.75) is 193 Å². The zero-order chi connectivity index (χ0) is 32.6. The molecule has 2 rings (SSSR count). The highest BCUT2D eigenvalue weighted by Crippen LogP contribution is 2.17. The van der Waals surface area contributed by atoms with Crippen LogP contribution in [0.1, 0.15) is 179 Å². The summed E-state index contributed by atoms with van der Waals surface area (Å²) in [5.41, 5.74) is 2.92. The third-order valence-corrected chi connectivity index (χ3v) is 11.7. The Morgan fingerprint density at radius 2 is 0.630 bits per heavy atom. The Labute approximate surface area is 295 Å². The molecule has 0 unspecified atom stereocenters. The second-order valence-corrected chi connectivity index (χ2v) is 16.0. The third kappa shape index (κ3) is 24.2. The lowest BCUT2D eigenvalue weighted by atomic mass is 10.1. The van der Waals surface area contributed by atoms with Crippen LogP contribution in [0, 0.1) is 0 Å². The van der Waals surface area contributed by atoms with Crippen LogP contribution >= 0.6 is 23.5 Å². The molecule has 0 N–H and O–H groups in total. The summed E-state index contributed by atoms with van der Waals surface area (Å²) in [6.45, 7) is 6.93. The van der Waals surface area contributed by atoms with Gasteiger partial charge in [0, 0.05) is 60.1 Å². The lowest BCUT2D eigenvalue weighted by Gasteiger charge is -2.04. The van der Waals surface area contributed by atoms with E-state index in [-0.39, 0.29) is 0 Å². The first kappa shape index (κ1) is 41.2. The maximum absolute atomic E-state index is 2.38. The van der Waals surface area contributed by atoms with Crippen molar-refractivity contribution in [2.24, 2.45) is 0 Å². The monoisotopic (exact) mass is 671 g/mol. The van der Waals surface area contributed by atoms with Gasteiger partial charge in [0.25, 0.3) is 0 Å². The van der Waals surface area contributed by atoms with Crippen LogP contribution in [0.25, 0.3) is 0 Å². The Morgan fingerprint density at radius 1 is 0.370 bits per heavy atom. The van der Waals surface area contributed by atoms with Gasteiger partial charge in [0.1, 0.15) is 13.1 Å². The largest absolute Gasteiger partial charge is 0.205 e. The molecule has 0 aromatic carbocycles. The summed E-state index contributed by atoms with van der Waals surface area (Å²) in [7, 11) is 0. The fourth-order valence-corrected chi connectivity index (χ4v) is 8.32. The van der Waals surface area contributed by atoms with E-state index in [9.17, 15) is 0 Å². The molecule has 0 saturated carbocycles. The average molecular weight is 671 g/mol. The molecule has 262 valence electrons.